The van der Waals surface area contributed by atoms with E-state index in [4.69, 9.17) is 4.84 Å². The van der Waals surface area contributed by atoms with E-state index < -0.39 is 0 Å². The number of hydrogen-bond donors (Lipinski definition) is 0. The van der Waals surface area contributed by atoms with Gasteiger partial charge in [0.05, 0.1) is 0 Å². The minimum atomic E-state index is 1.10. The van der Waals surface area contributed by atoms with Crippen LogP contribution in [0.5, 0.6) is 0 Å². The second kappa shape index (κ2) is 11.0. The molecule has 0 atom stereocenters. The van der Waals surface area contributed by atoms with Crippen molar-refractivity contribution in [3.05, 3.63) is 30.1 Å². The van der Waals surface area contributed by atoms with Gasteiger partial charge in [-0.3, -0.25) is 4.84 Å². The number of aromatic nitrogens is 1. The third kappa shape index (κ3) is 6.14. The largest absolute Gasteiger partial charge is 0.274 e. The molecular formula is C11H22NO+. The summed E-state index contributed by atoms with van der Waals surface area (Å²) in [6.45, 7) is 9.99. The molecule has 13 heavy (non-hydrogen) atoms. The summed E-state index contributed by atoms with van der Waals surface area (Å²) >= 11 is 0. The molecule has 1 heterocycles. The summed E-state index contributed by atoms with van der Waals surface area (Å²) in [7, 11) is 1.65. The molecule has 0 aliphatic rings. The Morgan fingerprint density at radius 1 is 1.08 bits per heavy atom. The third-order valence-electron chi connectivity index (χ3n) is 1.21. The minimum Gasteiger partial charge on any atom is -0.274 e. The molecule has 0 saturated heterocycles. The molecule has 0 bridgehead atoms. The van der Waals surface area contributed by atoms with Crippen molar-refractivity contribution in [3.8, 4) is 0 Å². The van der Waals surface area contributed by atoms with Crippen LogP contribution >= 0.6 is 0 Å². The average molecular weight is 184 g/mol. The predicted octanol–water partition coefficient (Wildman–Crippen LogP) is 2.39. The average Bonchev–Trinajstić information content (AvgIpc) is 2.24. The van der Waals surface area contributed by atoms with Crippen LogP contribution < -0.4 is 9.57 Å². The van der Waals surface area contributed by atoms with E-state index >= 15 is 0 Å². The van der Waals surface area contributed by atoms with Gasteiger partial charge in [0.25, 0.3) is 0 Å². The Morgan fingerprint density at radius 2 is 1.62 bits per heavy atom. The highest BCUT2D eigenvalue weighted by molar-refractivity contribution is 4.93. The van der Waals surface area contributed by atoms with Gasteiger partial charge < -0.3 is 0 Å². The zero-order valence-corrected chi connectivity index (χ0v) is 9.66. The zero-order chi connectivity index (χ0) is 10.7. The molecule has 0 saturated carbocycles. The van der Waals surface area contributed by atoms with Crippen LogP contribution in [0.2, 0.25) is 0 Å². The SMILES string of the molecule is CC.CC.CO[n+]1ccccc1C. The highest BCUT2D eigenvalue weighted by Gasteiger charge is 2.00. The predicted molar refractivity (Wildman–Crippen MR) is 56.6 cm³/mol. The molecule has 0 fully saturated rings. The van der Waals surface area contributed by atoms with Gasteiger partial charge in [-0.15, -0.1) is 0 Å². The Balaban J connectivity index is 0. The number of hydrogen-bond acceptors (Lipinski definition) is 1. The fraction of sp³-hybridized carbons (Fsp3) is 0.545. The van der Waals surface area contributed by atoms with E-state index in [-0.39, 0.29) is 0 Å². The molecule has 0 aliphatic heterocycles. The van der Waals surface area contributed by atoms with Crippen molar-refractivity contribution in [2.24, 2.45) is 0 Å². The van der Waals surface area contributed by atoms with E-state index in [9.17, 15) is 0 Å². The lowest BCUT2D eigenvalue weighted by Crippen LogP contribution is -2.42. The van der Waals surface area contributed by atoms with Crippen molar-refractivity contribution in [2.45, 2.75) is 34.6 Å². The maximum Gasteiger partial charge on any atom is 0.231 e. The summed E-state index contributed by atoms with van der Waals surface area (Å²) in [5.74, 6) is 0. The first-order valence-corrected chi connectivity index (χ1v) is 4.86. The van der Waals surface area contributed by atoms with Crippen LogP contribution in [0.1, 0.15) is 33.4 Å². The summed E-state index contributed by atoms with van der Waals surface area (Å²) in [6.07, 6.45) is 1.87. The number of rotatable bonds is 1. The van der Waals surface area contributed by atoms with Gasteiger partial charge in [-0.2, -0.15) is 0 Å². The molecule has 1 aromatic heterocycles. The molecule has 0 unspecified atom stereocenters. The molecule has 0 aromatic carbocycles. The first-order chi connectivity index (χ1) is 6.34. The highest BCUT2D eigenvalue weighted by atomic mass is 16.6. The van der Waals surface area contributed by atoms with Gasteiger partial charge in [-0.25, -0.2) is 0 Å². The van der Waals surface area contributed by atoms with E-state index in [1.165, 1.54) is 0 Å². The standard InChI is InChI=1S/C7H10NO.2C2H6/c1-7-5-3-4-6-8(7)9-2;2*1-2/h3-6H,1-2H3;2*1-2H3/q+1;;. The van der Waals surface area contributed by atoms with E-state index in [0.717, 1.165) is 5.69 Å². The summed E-state index contributed by atoms with van der Waals surface area (Å²) in [5, 5.41) is 0. The summed E-state index contributed by atoms with van der Waals surface area (Å²) < 4.78 is 1.71. The van der Waals surface area contributed by atoms with Crippen molar-refractivity contribution in [3.63, 3.8) is 0 Å². The lowest BCUT2D eigenvalue weighted by molar-refractivity contribution is -0.889. The Morgan fingerprint density at radius 3 is 1.92 bits per heavy atom. The second-order valence-corrected chi connectivity index (χ2v) is 1.85. The molecule has 1 aromatic rings. The topological polar surface area (TPSA) is 13.1 Å². The quantitative estimate of drug-likeness (QED) is 0.611. The smallest absolute Gasteiger partial charge is 0.231 e. The van der Waals surface area contributed by atoms with Gasteiger partial charge in [-0.1, -0.05) is 27.7 Å². The molecule has 2 nitrogen and oxygen atoms in total. The van der Waals surface area contributed by atoms with E-state index in [2.05, 4.69) is 0 Å². The summed E-state index contributed by atoms with van der Waals surface area (Å²) in [4.78, 5) is 4.96. The fourth-order valence-corrected chi connectivity index (χ4v) is 0.719. The van der Waals surface area contributed by atoms with Gasteiger partial charge >= 0.3 is 0 Å². The van der Waals surface area contributed by atoms with Crippen LogP contribution in [0.25, 0.3) is 0 Å². The third-order valence-corrected chi connectivity index (χ3v) is 1.21. The highest BCUT2D eigenvalue weighted by Crippen LogP contribution is 1.84. The second-order valence-electron chi connectivity index (χ2n) is 1.85. The lowest BCUT2D eigenvalue weighted by Gasteiger charge is -1.91. The van der Waals surface area contributed by atoms with Crippen LogP contribution in [0.4, 0.5) is 0 Å². The van der Waals surface area contributed by atoms with Gasteiger partial charge in [0.15, 0.2) is 0 Å². The number of pyridine rings is 1. The number of aryl methyl sites for hydroxylation is 1. The fourth-order valence-electron chi connectivity index (χ4n) is 0.719. The molecule has 0 N–H and O–H groups in total. The zero-order valence-electron chi connectivity index (χ0n) is 9.66. The molecule has 0 spiro atoms. The van der Waals surface area contributed by atoms with Crippen LogP contribution in [0.3, 0.4) is 0 Å². The Kier molecular flexibility index (Phi) is 12.2. The molecular weight excluding hydrogens is 162 g/mol. The van der Waals surface area contributed by atoms with Crippen LogP contribution in [-0.2, 0) is 0 Å². The molecule has 1 rings (SSSR count). The van der Waals surface area contributed by atoms with Crippen LogP contribution in [0.15, 0.2) is 24.4 Å². The van der Waals surface area contributed by atoms with Gasteiger partial charge in [-0.05, 0) is 6.07 Å². The molecule has 76 valence electrons. The molecule has 0 aliphatic carbocycles. The molecule has 0 radical (unpaired) electrons. The molecule has 0 amide bonds. The van der Waals surface area contributed by atoms with E-state index in [1.54, 1.807) is 11.8 Å². The van der Waals surface area contributed by atoms with Crippen molar-refractivity contribution in [2.75, 3.05) is 7.11 Å². The van der Waals surface area contributed by atoms with Crippen molar-refractivity contribution in [1.29, 1.82) is 0 Å². The van der Waals surface area contributed by atoms with Crippen molar-refractivity contribution >= 4 is 0 Å². The monoisotopic (exact) mass is 184 g/mol. The van der Waals surface area contributed by atoms with E-state index in [1.807, 2.05) is 59.0 Å². The van der Waals surface area contributed by atoms with Crippen LogP contribution in [-0.4, -0.2) is 7.11 Å². The summed E-state index contributed by atoms with van der Waals surface area (Å²) in [5.41, 5.74) is 1.10. The Labute approximate surface area is 82.1 Å². The lowest BCUT2D eigenvalue weighted by atomic mass is 10.4. The summed E-state index contributed by atoms with van der Waals surface area (Å²) in [6, 6.07) is 5.89. The van der Waals surface area contributed by atoms with Gasteiger partial charge in [0, 0.05) is 23.8 Å². The first-order valence-electron chi connectivity index (χ1n) is 4.86. The minimum absolute atomic E-state index is 1.10. The Bertz CT molecular complexity index is 199. The van der Waals surface area contributed by atoms with Crippen LogP contribution in [0, 0.1) is 6.92 Å². The Hall–Kier alpha value is -1.05. The van der Waals surface area contributed by atoms with Gasteiger partial charge in [0.2, 0.25) is 11.9 Å². The molecule has 2 heteroatoms. The number of nitrogens with zero attached hydrogens (tertiary/aromatic N) is 1. The van der Waals surface area contributed by atoms with Crippen molar-refractivity contribution in [1.82, 2.24) is 0 Å². The maximum absolute atomic E-state index is 4.96. The first kappa shape index (κ1) is 14.5. The van der Waals surface area contributed by atoms with E-state index in [0.29, 0.717) is 0 Å². The normalized spacial score (nSPS) is 7.23. The van der Waals surface area contributed by atoms with Crippen molar-refractivity contribution < 1.29 is 9.57 Å². The van der Waals surface area contributed by atoms with Gasteiger partial charge in [0.1, 0.15) is 7.11 Å². The maximum atomic E-state index is 4.96.